The molecular weight excluding hydrogens is 278 g/mol. The molecule has 1 heterocycles. The number of hydrogen-bond acceptors (Lipinski definition) is 2. The molecule has 3 aromatic rings. The van der Waals surface area contributed by atoms with Crippen LogP contribution in [-0.2, 0) is 0 Å². The van der Waals surface area contributed by atoms with Gasteiger partial charge in [-0.2, -0.15) is 0 Å². The summed E-state index contributed by atoms with van der Waals surface area (Å²) >= 11 is 1.71. The van der Waals surface area contributed by atoms with E-state index in [2.05, 4.69) is 55.4 Å². The third kappa shape index (κ3) is 2.28. The van der Waals surface area contributed by atoms with Gasteiger partial charge in [0.1, 0.15) is 0 Å². The second-order valence-electron chi connectivity index (χ2n) is 5.19. The fourth-order valence-corrected chi connectivity index (χ4v) is 3.04. The molecule has 106 valence electrons. The molecule has 0 saturated heterocycles. The van der Waals surface area contributed by atoms with Crippen LogP contribution in [0.1, 0.15) is 21.5 Å². The van der Waals surface area contributed by atoms with E-state index in [1.54, 1.807) is 11.8 Å². The molecule has 2 nitrogen and oxygen atoms in total. The number of hydrogen-bond donors (Lipinski definition) is 1. The standard InChI is InChI=1S/C18H17NOS/c1-11-4-9-15-16(10-20)18(19-17(15)12(11)2)13-5-7-14(21-3)8-6-13/h4-10,19H,1-3H3. The van der Waals surface area contributed by atoms with Crippen molar-refractivity contribution in [2.75, 3.05) is 6.26 Å². The first-order chi connectivity index (χ1) is 10.2. The van der Waals surface area contributed by atoms with Gasteiger partial charge in [-0.1, -0.05) is 24.3 Å². The van der Waals surface area contributed by atoms with E-state index in [-0.39, 0.29) is 0 Å². The Balaban J connectivity index is 2.26. The first-order valence-electron chi connectivity index (χ1n) is 6.87. The summed E-state index contributed by atoms with van der Waals surface area (Å²) in [7, 11) is 0. The zero-order valence-electron chi connectivity index (χ0n) is 12.4. The van der Waals surface area contributed by atoms with Gasteiger partial charge in [-0.05, 0) is 48.9 Å². The molecular formula is C18H17NOS. The lowest BCUT2D eigenvalue weighted by Gasteiger charge is -2.01. The van der Waals surface area contributed by atoms with Crippen LogP contribution in [0.2, 0.25) is 0 Å². The van der Waals surface area contributed by atoms with Gasteiger partial charge in [-0.15, -0.1) is 11.8 Å². The van der Waals surface area contributed by atoms with Crippen LogP contribution in [0, 0.1) is 13.8 Å². The summed E-state index contributed by atoms with van der Waals surface area (Å²) in [5.74, 6) is 0. The molecule has 1 N–H and O–H groups in total. The van der Waals surface area contributed by atoms with Crippen molar-refractivity contribution in [2.24, 2.45) is 0 Å². The highest BCUT2D eigenvalue weighted by molar-refractivity contribution is 7.98. The number of nitrogens with one attached hydrogen (secondary N) is 1. The number of carbonyl (C=O) groups excluding carboxylic acids is 1. The van der Waals surface area contributed by atoms with Crippen molar-refractivity contribution in [2.45, 2.75) is 18.7 Å². The number of benzene rings is 2. The first kappa shape index (κ1) is 14.0. The maximum absolute atomic E-state index is 11.6. The normalized spacial score (nSPS) is 11.0. The monoisotopic (exact) mass is 295 g/mol. The summed E-state index contributed by atoms with van der Waals surface area (Å²) in [5, 5.41) is 0.997. The van der Waals surface area contributed by atoms with Crippen LogP contribution in [0.5, 0.6) is 0 Å². The van der Waals surface area contributed by atoms with E-state index in [9.17, 15) is 4.79 Å². The number of rotatable bonds is 3. The van der Waals surface area contributed by atoms with Crippen LogP contribution in [0.3, 0.4) is 0 Å². The Morgan fingerprint density at radius 3 is 2.38 bits per heavy atom. The topological polar surface area (TPSA) is 32.9 Å². The molecule has 3 heteroatoms. The molecule has 0 aliphatic heterocycles. The van der Waals surface area contributed by atoms with Gasteiger partial charge in [0, 0.05) is 21.4 Å². The van der Waals surface area contributed by atoms with Crippen molar-refractivity contribution in [1.29, 1.82) is 0 Å². The van der Waals surface area contributed by atoms with E-state index in [1.165, 1.54) is 16.0 Å². The van der Waals surface area contributed by atoms with E-state index in [0.717, 1.165) is 34.0 Å². The highest BCUT2D eigenvalue weighted by atomic mass is 32.2. The summed E-state index contributed by atoms with van der Waals surface area (Å²) in [6, 6.07) is 12.4. The average molecular weight is 295 g/mol. The van der Waals surface area contributed by atoms with Gasteiger partial charge in [0.15, 0.2) is 6.29 Å². The highest BCUT2D eigenvalue weighted by Crippen LogP contribution is 2.32. The molecule has 0 amide bonds. The summed E-state index contributed by atoms with van der Waals surface area (Å²) in [6.07, 6.45) is 3.01. The number of H-pyrrole nitrogens is 1. The van der Waals surface area contributed by atoms with Gasteiger partial charge in [0.05, 0.1) is 5.69 Å². The SMILES string of the molecule is CSc1ccc(-c2[nH]c3c(C)c(C)ccc3c2C=O)cc1. The average Bonchev–Trinajstić information content (AvgIpc) is 2.90. The Labute approximate surface area is 128 Å². The van der Waals surface area contributed by atoms with Crippen molar-refractivity contribution in [3.05, 3.63) is 53.1 Å². The van der Waals surface area contributed by atoms with Crippen LogP contribution < -0.4 is 0 Å². The molecule has 0 radical (unpaired) electrons. The molecule has 0 fully saturated rings. The molecule has 3 rings (SSSR count). The second-order valence-corrected chi connectivity index (χ2v) is 6.07. The van der Waals surface area contributed by atoms with Gasteiger partial charge in [0.25, 0.3) is 0 Å². The van der Waals surface area contributed by atoms with E-state index >= 15 is 0 Å². The molecule has 21 heavy (non-hydrogen) atoms. The van der Waals surface area contributed by atoms with Crippen molar-refractivity contribution in [3.8, 4) is 11.3 Å². The van der Waals surface area contributed by atoms with Crippen LogP contribution in [-0.4, -0.2) is 17.5 Å². The fourth-order valence-electron chi connectivity index (χ4n) is 2.64. The number of carbonyl (C=O) groups is 1. The van der Waals surface area contributed by atoms with Gasteiger partial charge >= 0.3 is 0 Å². The Hall–Kier alpha value is -2.00. The lowest BCUT2D eigenvalue weighted by atomic mass is 10.0. The lowest BCUT2D eigenvalue weighted by molar-refractivity contribution is 0.112. The Morgan fingerprint density at radius 2 is 1.76 bits per heavy atom. The molecule has 0 saturated carbocycles. The molecule has 0 unspecified atom stereocenters. The Kier molecular flexibility index (Phi) is 3.60. The minimum Gasteiger partial charge on any atom is -0.354 e. The maximum atomic E-state index is 11.6. The van der Waals surface area contributed by atoms with E-state index in [1.807, 2.05) is 6.07 Å². The maximum Gasteiger partial charge on any atom is 0.152 e. The van der Waals surface area contributed by atoms with Gasteiger partial charge in [-0.25, -0.2) is 0 Å². The quantitative estimate of drug-likeness (QED) is 0.545. The first-order valence-corrected chi connectivity index (χ1v) is 8.09. The predicted octanol–water partition coefficient (Wildman–Crippen LogP) is 4.99. The summed E-state index contributed by atoms with van der Waals surface area (Å²) in [4.78, 5) is 16.2. The van der Waals surface area contributed by atoms with E-state index < -0.39 is 0 Å². The second kappa shape index (κ2) is 5.41. The minimum atomic E-state index is 0.741. The molecule has 0 bridgehead atoms. The van der Waals surface area contributed by atoms with Gasteiger partial charge in [-0.3, -0.25) is 4.79 Å². The zero-order chi connectivity index (χ0) is 15.0. The number of thioether (sulfide) groups is 1. The third-order valence-corrected chi connectivity index (χ3v) is 4.79. The molecule has 0 aliphatic carbocycles. The van der Waals surface area contributed by atoms with Crippen LogP contribution in [0.25, 0.3) is 22.2 Å². The summed E-state index contributed by atoms with van der Waals surface area (Å²) < 4.78 is 0. The highest BCUT2D eigenvalue weighted by Gasteiger charge is 2.14. The minimum absolute atomic E-state index is 0.741. The summed E-state index contributed by atoms with van der Waals surface area (Å²) in [6.45, 7) is 4.17. The van der Waals surface area contributed by atoms with Crippen molar-refractivity contribution in [1.82, 2.24) is 4.98 Å². The third-order valence-electron chi connectivity index (χ3n) is 4.04. The molecule has 2 aromatic carbocycles. The number of fused-ring (bicyclic) bond motifs is 1. The van der Waals surface area contributed by atoms with Crippen LogP contribution in [0.15, 0.2) is 41.3 Å². The number of aldehydes is 1. The fraction of sp³-hybridized carbons (Fsp3) is 0.167. The number of aryl methyl sites for hydroxylation is 2. The van der Waals surface area contributed by atoms with Crippen molar-refractivity contribution < 1.29 is 4.79 Å². The molecule has 0 atom stereocenters. The van der Waals surface area contributed by atoms with Crippen LogP contribution >= 0.6 is 11.8 Å². The summed E-state index contributed by atoms with van der Waals surface area (Å²) in [5.41, 5.74) is 6.17. The zero-order valence-corrected chi connectivity index (χ0v) is 13.2. The van der Waals surface area contributed by atoms with Crippen molar-refractivity contribution >= 4 is 29.0 Å². The Bertz CT molecular complexity index is 815. The van der Waals surface area contributed by atoms with Gasteiger partial charge < -0.3 is 4.98 Å². The Morgan fingerprint density at radius 1 is 1.05 bits per heavy atom. The number of aromatic amines is 1. The van der Waals surface area contributed by atoms with Crippen molar-refractivity contribution in [3.63, 3.8) is 0 Å². The predicted molar refractivity (Wildman–Crippen MR) is 90.4 cm³/mol. The molecule has 1 aromatic heterocycles. The smallest absolute Gasteiger partial charge is 0.152 e. The number of aromatic nitrogens is 1. The largest absolute Gasteiger partial charge is 0.354 e. The van der Waals surface area contributed by atoms with E-state index in [4.69, 9.17) is 0 Å². The molecule has 0 aliphatic rings. The van der Waals surface area contributed by atoms with E-state index in [0.29, 0.717) is 0 Å². The lowest BCUT2D eigenvalue weighted by Crippen LogP contribution is -1.84. The van der Waals surface area contributed by atoms with Gasteiger partial charge in [0.2, 0.25) is 0 Å². The van der Waals surface area contributed by atoms with Crippen LogP contribution in [0.4, 0.5) is 0 Å². The molecule has 0 spiro atoms.